The van der Waals surface area contributed by atoms with E-state index >= 15 is 0 Å². The quantitative estimate of drug-likeness (QED) is 0.130. The van der Waals surface area contributed by atoms with Crippen LogP contribution in [0.25, 0.3) is 0 Å². The van der Waals surface area contributed by atoms with Gasteiger partial charge in [-0.15, -0.1) is 0 Å². The third kappa shape index (κ3) is 10.2. The SMILES string of the molecule is CC(=O)OCCCCCN(Cc1ccccc1Br)C(COCc1ccccc1Br)Cc1ccccc1. The number of carbonyl (C=O) groups excluding carboxylic acids is 1. The maximum Gasteiger partial charge on any atom is 0.302 e. The molecule has 0 aliphatic carbocycles. The molecule has 0 amide bonds. The Kier molecular flexibility index (Phi) is 12.7. The van der Waals surface area contributed by atoms with Crippen molar-refractivity contribution in [3.05, 3.63) is 104 Å². The lowest BCUT2D eigenvalue weighted by Gasteiger charge is -2.32. The lowest BCUT2D eigenvalue weighted by Crippen LogP contribution is -2.40. The Morgan fingerprint density at radius 1 is 0.833 bits per heavy atom. The molecule has 3 rings (SSSR count). The van der Waals surface area contributed by atoms with Crippen molar-refractivity contribution >= 4 is 37.8 Å². The van der Waals surface area contributed by atoms with Gasteiger partial charge in [-0.1, -0.05) is 98.6 Å². The summed E-state index contributed by atoms with van der Waals surface area (Å²) in [6.07, 6.45) is 3.83. The second-order valence-corrected chi connectivity index (χ2v) is 10.6. The van der Waals surface area contributed by atoms with E-state index in [2.05, 4.69) is 103 Å². The van der Waals surface area contributed by atoms with Gasteiger partial charge in [0.25, 0.3) is 0 Å². The van der Waals surface area contributed by atoms with Gasteiger partial charge in [-0.25, -0.2) is 0 Å². The van der Waals surface area contributed by atoms with Crippen LogP contribution in [0.4, 0.5) is 0 Å². The summed E-state index contributed by atoms with van der Waals surface area (Å²) in [5.74, 6) is -0.212. The van der Waals surface area contributed by atoms with Gasteiger partial charge in [0.05, 0.1) is 19.8 Å². The first kappa shape index (κ1) is 28.6. The average molecular weight is 617 g/mol. The molecule has 0 saturated heterocycles. The molecule has 0 aromatic heterocycles. The number of carbonyl (C=O) groups is 1. The Hall–Kier alpha value is -1.99. The minimum Gasteiger partial charge on any atom is -0.466 e. The molecule has 1 unspecified atom stereocenters. The van der Waals surface area contributed by atoms with E-state index < -0.39 is 0 Å². The third-order valence-electron chi connectivity index (χ3n) is 6.08. The van der Waals surface area contributed by atoms with Gasteiger partial charge in [0.1, 0.15) is 0 Å². The van der Waals surface area contributed by atoms with Crippen LogP contribution in [0.15, 0.2) is 87.8 Å². The number of esters is 1. The zero-order chi connectivity index (χ0) is 25.6. The Morgan fingerprint density at radius 3 is 2.14 bits per heavy atom. The van der Waals surface area contributed by atoms with E-state index in [9.17, 15) is 4.79 Å². The lowest BCUT2D eigenvalue weighted by atomic mass is 10.0. The largest absolute Gasteiger partial charge is 0.466 e. The molecule has 3 aromatic carbocycles. The summed E-state index contributed by atoms with van der Waals surface area (Å²) in [4.78, 5) is 13.6. The number of rotatable bonds is 15. The van der Waals surface area contributed by atoms with E-state index in [1.807, 2.05) is 12.1 Å². The van der Waals surface area contributed by atoms with E-state index in [4.69, 9.17) is 9.47 Å². The fourth-order valence-corrected chi connectivity index (χ4v) is 4.96. The topological polar surface area (TPSA) is 38.8 Å². The highest BCUT2D eigenvalue weighted by Crippen LogP contribution is 2.22. The number of benzene rings is 3. The van der Waals surface area contributed by atoms with Crippen molar-refractivity contribution in [2.24, 2.45) is 0 Å². The van der Waals surface area contributed by atoms with Crippen molar-refractivity contribution in [2.45, 2.75) is 51.8 Å². The van der Waals surface area contributed by atoms with Crippen LogP contribution in [0, 0.1) is 0 Å². The highest BCUT2D eigenvalue weighted by molar-refractivity contribution is 9.10. The van der Waals surface area contributed by atoms with Gasteiger partial charge in [-0.2, -0.15) is 0 Å². The first-order valence-corrected chi connectivity index (χ1v) is 14.1. The Labute approximate surface area is 232 Å². The minimum atomic E-state index is -0.212. The zero-order valence-corrected chi connectivity index (χ0v) is 24.0. The molecule has 0 radical (unpaired) electrons. The van der Waals surface area contributed by atoms with E-state index in [-0.39, 0.29) is 12.0 Å². The second-order valence-electron chi connectivity index (χ2n) is 8.91. The van der Waals surface area contributed by atoms with Crippen molar-refractivity contribution in [2.75, 3.05) is 19.8 Å². The van der Waals surface area contributed by atoms with Gasteiger partial charge < -0.3 is 9.47 Å². The third-order valence-corrected chi connectivity index (χ3v) is 7.63. The predicted octanol–water partition coefficient (Wildman–Crippen LogP) is 7.58. The van der Waals surface area contributed by atoms with Crippen LogP contribution in [-0.2, 0) is 33.8 Å². The number of nitrogens with zero attached hydrogens (tertiary/aromatic N) is 1. The monoisotopic (exact) mass is 615 g/mol. The summed E-state index contributed by atoms with van der Waals surface area (Å²) in [6, 6.07) is 27.5. The summed E-state index contributed by atoms with van der Waals surface area (Å²) in [6.45, 7) is 4.92. The molecule has 4 nitrogen and oxygen atoms in total. The molecule has 36 heavy (non-hydrogen) atoms. The standard InChI is InChI=1S/C30H35Br2NO3/c1-24(34)36-19-11-3-10-18-33(21-26-14-6-8-16-29(26)31)28(20-25-12-4-2-5-13-25)23-35-22-27-15-7-9-17-30(27)32/h2,4-9,12-17,28H,3,10-11,18-23H2,1H3. The van der Waals surface area contributed by atoms with Crippen molar-refractivity contribution in [3.63, 3.8) is 0 Å². The average Bonchev–Trinajstić information content (AvgIpc) is 2.87. The molecule has 192 valence electrons. The molecule has 0 N–H and O–H groups in total. The first-order chi connectivity index (χ1) is 17.5. The minimum absolute atomic E-state index is 0.212. The first-order valence-electron chi connectivity index (χ1n) is 12.5. The normalized spacial score (nSPS) is 12.0. The van der Waals surface area contributed by atoms with Crippen molar-refractivity contribution < 1.29 is 14.3 Å². The fourth-order valence-electron chi connectivity index (χ4n) is 4.15. The Balaban J connectivity index is 1.72. The summed E-state index contributed by atoms with van der Waals surface area (Å²) in [5.41, 5.74) is 3.72. The number of unbranched alkanes of at least 4 members (excludes halogenated alkanes) is 2. The summed E-state index contributed by atoms with van der Waals surface area (Å²) >= 11 is 7.37. The van der Waals surface area contributed by atoms with Gasteiger partial charge >= 0.3 is 5.97 Å². The Bertz CT molecular complexity index is 1060. The van der Waals surface area contributed by atoms with Gasteiger partial charge in [-0.3, -0.25) is 9.69 Å². The van der Waals surface area contributed by atoms with Gasteiger partial charge in [0.15, 0.2) is 0 Å². The van der Waals surface area contributed by atoms with Crippen molar-refractivity contribution in [1.29, 1.82) is 0 Å². The molecule has 1 atom stereocenters. The summed E-state index contributed by atoms with van der Waals surface area (Å²) in [7, 11) is 0. The lowest BCUT2D eigenvalue weighted by molar-refractivity contribution is -0.141. The highest BCUT2D eigenvalue weighted by Gasteiger charge is 2.21. The van der Waals surface area contributed by atoms with Crippen LogP contribution >= 0.6 is 31.9 Å². The molecule has 0 aliphatic rings. The molecular weight excluding hydrogens is 582 g/mol. The molecule has 0 spiro atoms. The van der Waals surface area contributed by atoms with E-state index in [1.165, 1.54) is 18.1 Å². The van der Waals surface area contributed by atoms with Gasteiger partial charge in [0, 0.05) is 28.5 Å². The molecule has 0 bridgehead atoms. The maximum absolute atomic E-state index is 11.1. The molecule has 0 aliphatic heterocycles. The summed E-state index contributed by atoms with van der Waals surface area (Å²) in [5, 5.41) is 0. The van der Waals surface area contributed by atoms with Crippen LogP contribution in [0.2, 0.25) is 0 Å². The highest BCUT2D eigenvalue weighted by atomic mass is 79.9. The summed E-state index contributed by atoms with van der Waals surface area (Å²) < 4.78 is 13.6. The van der Waals surface area contributed by atoms with E-state index in [1.54, 1.807) is 0 Å². The number of halogens is 2. The molecule has 0 fully saturated rings. The molecule has 6 heteroatoms. The van der Waals surface area contributed by atoms with Gasteiger partial charge in [0.2, 0.25) is 0 Å². The molecular formula is C30H35Br2NO3. The van der Waals surface area contributed by atoms with E-state index in [0.717, 1.165) is 53.3 Å². The Morgan fingerprint density at radius 2 is 1.47 bits per heavy atom. The molecule has 0 heterocycles. The van der Waals surface area contributed by atoms with Crippen LogP contribution < -0.4 is 0 Å². The molecule has 0 saturated carbocycles. The number of hydrogen-bond acceptors (Lipinski definition) is 4. The maximum atomic E-state index is 11.1. The number of ether oxygens (including phenoxy) is 2. The second kappa shape index (κ2) is 16.0. The van der Waals surface area contributed by atoms with Crippen LogP contribution in [0.1, 0.15) is 42.9 Å². The predicted molar refractivity (Wildman–Crippen MR) is 153 cm³/mol. The van der Waals surface area contributed by atoms with Crippen LogP contribution in [-0.4, -0.2) is 36.7 Å². The fraction of sp³-hybridized carbons (Fsp3) is 0.367. The van der Waals surface area contributed by atoms with Crippen molar-refractivity contribution in [1.82, 2.24) is 4.90 Å². The van der Waals surface area contributed by atoms with Crippen molar-refractivity contribution in [3.8, 4) is 0 Å². The smallest absolute Gasteiger partial charge is 0.302 e. The molecule has 3 aromatic rings. The van der Waals surface area contributed by atoms with Gasteiger partial charge in [-0.05, 0) is 61.1 Å². The van der Waals surface area contributed by atoms with E-state index in [0.29, 0.717) is 19.8 Å². The van der Waals surface area contributed by atoms with Crippen LogP contribution in [0.3, 0.4) is 0 Å². The zero-order valence-electron chi connectivity index (χ0n) is 20.9. The van der Waals surface area contributed by atoms with Crippen LogP contribution in [0.5, 0.6) is 0 Å². The number of hydrogen-bond donors (Lipinski definition) is 0.